The van der Waals surface area contributed by atoms with Crippen molar-refractivity contribution in [3.8, 4) is 6.07 Å². The predicted octanol–water partition coefficient (Wildman–Crippen LogP) is 3.29. The van der Waals surface area contributed by atoms with Gasteiger partial charge in [-0.1, -0.05) is 17.7 Å². The van der Waals surface area contributed by atoms with Gasteiger partial charge < -0.3 is 15.0 Å². The predicted molar refractivity (Wildman–Crippen MR) is 110 cm³/mol. The first-order chi connectivity index (χ1) is 14.0. The van der Waals surface area contributed by atoms with Gasteiger partial charge in [-0.2, -0.15) is 5.26 Å². The molecule has 2 aromatic rings. The number of hydrogen-bond donors (Lipinski definition) is 1. The zero-order valence-electron chi connectivity index (χ0n) is 15.9. The number of nitro groups is 1. The Morgan fingerprint density at radius 3 is 2.55 bits per heavy atom. The smallest absolute Gasteiger partial charge is 0.270 e. The number of nitriles is 1. The molecular formula is C21H20N4O4. The molecule has 8 heteroatoms. The maximum absolute atomic E-state index is 12.6. The van der Waals surface area contributed by atoms with Crippen molar-refractivity contribution in [2.75, 3.05) is 36.5 Å². The topological polar surface area (TPSA) is 108 Å². The molecule has 0 aromatic heterocycles. The molecule has 0 bridgehead atoms. The molecule has 3 rings (SSSR count). The molecule has 0 saturated carbocycles. The van der Waals surface area contributed by atoms with Crippen molar-refractivity contribution in [3.63, 3.8) is 0 Å². The summed E-state index contributed by atoms with van der Waals surface area (Å²) in [5.41, 5.74) is 2.52. The van der Waals surface area contributed by atoms with Crippen molar-refractivity contribution in [3.05, 3.63) is 69.3 Å². The number of carbonyl (C=O) groups is 1. The number of rotatable bonds is 5. The van der Waals surface area contributed by atoms with Crippen LogP contribution < -0.4 is 10.2 Å². The van der Waals surface area contributed by atoms with Crippen LogP contribution in [0.3, 0.4) is 0 Å². The summed E-state index contributed by atoms with van der Waals surface area (Å²) in [6.07, 6.45) is 1.39. The van der Waals surface area contributed by atoms with Crippen LogP contribution in [0.25, 0.3) is 6.08 Å². The first-order valence-electron chi connectivity index (χ1n) is 9.09. The minimum Gasteiger partial charge on any atom is -0.378 e. The van der Waals surface area contributed by atoms with Crippen molar-refractivity contribution in [2.45, 2.75) is 6.92 Å². The first-order valence-corrected chi connectivity index (χ1v) is 9.09. The van der Waals surface area contributed by atoms with Gasteiger partial charge in [0.25, 0.3) is 11.6 Å². The quantitative estimate of drug-likeness (QED) is 0.362. The van der Waals surface area contributed by atoms with Gasteiger partial charge in [0, 0.05) is 42.2 Å². The number of hydrogen-bond acceptors (Lipinski definition) is 6. The number of nitrogens with zero attached hydrogens (tertiary/aromatic N) is 3. The van der Waals surface area contributed by atoms with Gasteiger partial charge in [0.1, 0.15) is 11.6 Å². The lowest BCUT2D eigenvalue weighted by molar-refractivity contribution is -0.384. The third-order valence-electron chi connectivity index (χ3n) is 4.55. The highest BCUT2D eigenvalue weighted by Gasteiger charge is 2.19. The number of anilines is 2. The van der Waals surface area contributed by atoms with Crippen molar-refractivity contribution in [1.29, 1.82) is 5.26 Å². The Bertz CT molecular complexity index is 987. The highest BCUT2D eigenvalue weighted by molar-refractivity contribution is 6.10. The number of nitrogens with one attached hydrogen (secondary N) is 1. The Balaban J connectivity index is 1.94. The second kappa shape index (κ2) is 8.99. The van der Waals surface area contributed by atoms with E-state index in [-0.39, 0.29) is 11.3 Å². The van der Waals surface area contributed by atoms with E-state index < -0.39 is 10.8 Å². The van der Waals surface area contributed by atoms with Gasteiger partial charge in [0.05, 0.1) is 18.1 Å². The lowest BCUT2D eigenvalue weighted by Gasteiger charge is -2.30. The second-order valence-corrected chi connectivity index (χ2v) is 6.59. The van der Waals surface area contributed by atoms with Gasteiger partial charge in [-0.25, -0.2) is 0 Å². The lowest BCUT2D eigenvalue weighted by atomic mass is 10.1. The molecule has 2 aromatic carbocycles. The fourth-order valence-electron chi connectivity index (χ4n) is 3.00. The zero-order chi connectivity index (χ0) is 20.8. The molecule has 1 saturated heterocycles. The Hall–Kier alpha value is -3.70. The molecule has 0 radical (unpaired) electrons. The van der Waals surface area contributed by atoms with Crippen LogP contribution in [0.2, 0.25) is 0 Å². The normalized spacial score (nSPS) is 14.2. The summed E-state index contributed by atoms with van der Waals surface area (Å²) in [5, 5.41) is 23.4. The monoisotopic (exact) mass is 392 g/mol. The van der Waals surface area contributed by atoms with Crippen molar-refractivity contribution < 1.29 is 14.5 Å². The summed E-state index contributed by atoms with van der Waals surface area (Å²) in [6, 6.07) is 13.5. The number of benzene rings is 2. The van der Waals surface area contributed by atoms with Gasteiger partial charge in [-0.3, -0.25) is 14.9 Å². The van der Waals surface area contributed by atoms with E-state index in [0.717, 1.165) is 11.3 Å². The van der Waals surface area contributed by atoms with Crippen LogP contribution >= 0.6 is 0 Å². The number of amides is 1. The maximum atomic E-state index is 12.6. The van der Waals surface area contributed by atoms with Crippen LogP contribution in [0, 0.1) is 28.4 Å². The Morgan fingerprint density at radius 2 is 1.93 bits per heavy atom. The number of nitro benzene ring substituents is 1. The highest BCUT2D eigenvalue weighted by Crippen LogP contribution is 2.28. The summed E-state index contributed by atoms with van der Waals surface area (Å²) in [7, 11) is 0. The van der Waals surface area contributed by atoms with E-state index in [4.69, 9.17) is 4.74 Å². The fourth-order valence-corrected chi connectivity index (χ4v) is 3.00. The molecule has 8 nitrogen and oxygen atoms in total. The van der Waals surface area contributed by atoms with E-state index in [0.29, 0.717) is 37.6 Å². The molecule has 0 aliphatic carbocycles. The standard InChI is InChI=1S/C21H20N4O4/c1-15-2-4-18(5-3-15)23-21(26)17(14-22)12-16-13-19(25(27)28)6-7-20(16)24-8-10-29-11-9-24/h2-7,12-13H,8-11H2,1H3,(H,23,26)/b17-12+. The lowest BCUT2D eigenvalue weighted by Crippen LogP contribution is -2.36. The van der Waals surface area contributed by atoms with Crippen LogP contribution in [-0.4, -0.2) is 37.1 Å². The second-order valence-electron chi connectivity index (χ2n) is 6.59. The molecule has 0 spiro atoms. The summed E-state index contributed by atoms with van der Waals surface area (Å²) >= 11 is 0. The Kier molecular flexibility index (Phi) is 6.22. The van der Waals surface area contributed by atoms with Crippen molar-refractivity contribution in [2.24, 2.45) is 0 Å². The average Bonchev–Trinajstić information content (AvgIpc) is 2.74. The van der Waals surface area contributed by atoms with E-state index in [2.05, 4.69) is 5.32 Å². The third kappa shape index (κ3) is 4.97. The Morgan fingerprint density at radius 1 is 1.24 bits per heavy atom. The van der Waals surface area contributed by atoms with Crippen molar-refractivity contribution >= 4 is 29.0 Å². The summed E-state index contributed by atoms with van der Waals surface area (Å²) in [6.45, 7) is 4.26. The van der Waals surface area contributed by atoms with Crippen LogP contribution in [0.4, 0.5) is 17.1 Å². The fraction of sp³-hybridized carbons (Fsp3) is 0.238. The zero-order valence-corrected chi connectivity index (χ0v) is 15.9. The summed E-state index contributed by atoms with van der Waals surface area (Å²) in [4.78, 5) is 25.3. The van der Waals surface area contributed by atoms with E-state index in [1.54, 1.807) is 18.2 Å². The highest BCUT2D eigenvalue weighted by atomic mass is 16.6. The van der Waals surface area contributed by atoms with E-state index in [9.17, 15) is 20.2 Å². The molecule has 1 amide bonds. The average molecular weight is 392 g/mol. The van der Waals surface area contributed by atoms with Crippen LogP contribution in [0.5, 0.6) is 0 Å². The van der Waals surface area contributed by atoms with Gasteiger partial charge >= 0.3 is 0 Å². The number of ether oxygens (including phenoxy) is 1. The summed E-state index contributed by atoms with van der Waals surface area (Å²) in [5.74, 6) is -0.573. The first kappa shape index (κ1) is 20.0. The molecule has 1 heterocycles. The largest absolute Gasteiger partial charge is 0.378 e. The van der Waals surface area contributed by atoms with E-state index in [1.807, 2.05) is 30.0 Å². The molecule has 29 heavy (non-hydrogen) atoms. The van der Waals surface area contributed by atoms with E-state index in [1.165, 1.54) is 18.2 Å². The number of non-ortho nitro benzene ring substituents is 1. The van der Waals surface area contributed by atoms with Crippen molar-refractivity contribution in [1.82, 2.24) is 0 Å². The van der Waals surface area contributed by atoms with E-state index >= 15 is 0 Å². The molecule has 1 aliphatic rings. The third-order valence-corrected chi connectivity index (χ3v) is 4.55. The number of carbonyl (C=O) groups excluding carboxylic acids is 1. The van der Waals surface area contributed by atoms with Gasteiger partial charge in [0.2, 0.25) is 0 Å². The number of morpholine rings is 1. The molecule has 0 atom stereocenters. The van der Waals surface area contributed by atoms with Crippen LogP contribution in [0.15, 0.2) is 48.0 Å². The molecule has 1 N–H and O–H groups in total. The van der Waals surface area contributed by atoms with Crippen LogP contribution in [-0.2, 0) is 9.53 Å². The van der Waals surface area contributed by atoms with Crippen LogP contribution in [0.1, 0.15) is 11.1 Å². The molecule has 148 valence electrons. The minimum absolute atomic E-state index is 0.107. The summed E-state index contributed by atoms with van der Waals surface area (Å²) < 4.78 is 5.36. The van der Waals surface area contributed by atoms with Gasteiger partial charge in [0.15, 0.2) is 0 Å². The Labute approximate surface area is 168 Å². The van der Waals surface area contributed by atoms with Gasteiger partial charge in [-0.15, -0.1) is 0 Å². The maximum Gasteiger partial charge on any atom is 0.270 e. The molecular weight excluding hydrogens is 372 g/mol. The molecule has 1 fully saturated rings. The van der Waals surface area contributed by atoms with Gasteiger partial charge in [-0.05, 0) is 31.2 Å². The SMILES string of the molecule is Cc1ccc(NC(=O)/C(C#N)=C/c2cc([N+](=O)[O-])ccc2N2CCOCC2)cc1. The minimum atomic E-state index is -0.573. The molecule has 1 aliphatic heterocycles. The number of aryl methyl sites for hydroxylation is 1. The molecule has 0 unspecified atom stereocenters.